The Hall–Kier alpha value is -2.90. The first-order chi connectivity index (χ1) is 12.8. The molecule has 0 aliphatic carbocycles. The molecule has 0 fully saturated rings. The number of hydrogen-bond donors (Lipinski definition) is 1. The van der Waals surface area contributed by atoms with Gasteiger partial charge in [-0.3, -0.25) is 4.79 Å². The van der Waals surface area contributed by atoms with Crippen LogP contribution >= 0.6 is 11.6 Å². The smallest absolute Gasteiger partial charge is 0.339 e. The van der Waals surface area contributed by atoms with Gasteiger partial charge in [-0.05, 0) is 48.5 Å². The van der Waals surface area contributed by atoms with Crippen molar-refractivity contribution in [3.63, 3.8) is 0 Å². The monoisotopic (exact) mass is 405 g/mol. The van der Waals surface area contributed by atoms with Crippen LogP contribution in [0, 0.1) is 5.82 Å². The Balaban J connectivity index is 1.92. The molecule has 0 radical (unpaired) electrons. The zero-order valence-corrected chi connectivity index (χ0v) is 15.3. The summed E-state index contributed by atoms with van der Waals surface area (Å²) < 4.78 is 43.3. The van der Waals surface area contributed by atoms with Gasteiger partial charge in [0.1, 0.15) is 10.7 Å². The Morgan fingerprint density at radius 3 is 2.41 bits per heavy atom. The summed E-state index contributed by atoms with van der Waals surface area (Å²) in [5.41, 5.74) is 0.100. The molecular weight excluding hydrogens is 393 g/mol. The van der Waals surface area contributed by atoms with Crippen LogP contribution in [0.15, 0.2) is 77.7 Å². The van der Waals surface area contributed by atoms with E-state index in [2.05, 4.69) is 5.32 Å². The lowest BCUT2D eigenvalue weighted by Gasteiger charge is -2.12. The third-order valence-corrected chi connectivity index (χ3v) is 4.98. The van der Waals surface area contributed by atoms with Crippen molar-refractivity contribution in [3.8, 4) is 5.75 Å². The van der Waals surface area contributed by atoms with Crippen LogP contribution in [0.4, 0.5) is 10.1 Å². The Kier molecular flexibility index (Phi) is 5.43. The molecule has 138 valence electrons. The predicted octanol–water partition coefficient (Wildman–Crippen LogP) is 4.50. The van der Waals surface area contributed by atoms with Crippen molar-refractivity contribution >= 4 is 33.3 Å². The molecule has 1 N–H and O–H groups in total. The number of halogens is 2. The van der Waals surface area contributed by atoms with Crippen molar-refractivity contribution in [1.29, 1.82) is 0 Å². The number of carbonyl (C=O) groups excluding carboxylic acids is 1. The Bertz CT molecular complexity index is 1090. The van der Waals surface area contributed by atoms with Crippen LogP contribution in [-0.4, -0.2) is 14.3 Å². The number of amides is 1. The standard InChI is InChI=1S/C19H13ClFNO4S/c20-13-9-10-18(26-27(24,25)16-7-2-1-3-8-16)17(11-13)19(23)22-15-6-4-5-14(21)12-15/h1-12H,(H,22,23). The Morgan fingerprint density at radius 2 is 1.70 bits per heavy atom. The predicted molar refractivity (Wildman–Crippen MR) is 100 cm³/mol. The van der Waals surface area contributed by atoms with Crippen molar-refractivity contribution in [2.75, 3.05) is 5.32 Å². The van der Waals surface area contributed by atoms with Crippen LogP contribution in [0.2, 0.25) is 5.02 Å². The second-order valence-corrected chi connectivity index (χ2v) is 7.44. The van der Waals surface area contributed by atoms with Crippen molar-refractivity contribution in [1.82, 2.24) is 0 Å². The van der Waals surface area contributed by atoms with E-state index < -0.39 is 21.8 Å². The SMILES string of the molecule is O=C(Nc1cccc(F)c1)c1cc(Cl)ccc1OS(=O)(=O)c1ccccc1. The zero-order chi connectivity index (χ0) is 19.4. The van der Waals surface area contributed by atoms with Crippen LogP contribution in [0.3, 0.4) is 0 Å². The van der Waals surface area contributed by atoms with Gasteiger partial charge in [0.2, 0.25) is 0 Å². The van der Waals surface area contributed by atoms with Crippen molar-refractivity contribution < 1.29 is 21.8 Å². The summed E-state index contributed by atoms with van der Waals surface area (Å²) in [6, 6.07) is 16.7. The first kappa shape index (κ1) is 18.9. The van der Waals surface area contributed by atoms with E-state index in [1.54, 1.807) is 18.2 Å². The molecule has 0 atom stereocenters. The van der Waals surface area contributed by atoms with Gasteiger partial charge in [-0.15, -0.1) is 0 Å². The number of hydrogen-bond acceptors (Lipinski definition) is 4. The highest BCUT2D eigenvalue weighted by Crippen LogP contribution is 2.27. The molecule has 0 unspecified atom stereocenters. The normalized spacial score (nSPS) is 11.0. The fourth-order valence-electron chi connectivity index (χ4n) is 2.27. The van der Waals surface area contributed by atoms with Crippen LogP contribution in [0.25, 0.3) is 0 Å². The maximum absolute atomic E-state index is 13.3. The lowest BCUT2D eigenvalue weighted by molar-refractivity contribution is 0.102. The van der Waals surface area contributed by atoms with E-state index in [1.165, 1.54) is 48.5 Å². The van der Waals surface area contributed by atoms with Gasteiger partial charge >= 0.3 is 10.1 Å². The number of rotatable bonds is 5. The van der Waals surface area contributed by atoms with Gasteiger partial charge in [-0.25, -0.2) is 4.39 Å². The highest BCUT2D eigenvalue weighted by Gasteiger charge is 2.21. The average molecular weight is 406 g/mol. The molecular formula is C19H13ClFNO4S. The molecule has 0 aromatic heterocycles. The van der Waals surface area contributed by atoms with Gasteiger partial charge in [0.25, 0.3) is 5.91 Å². The van der Waals surface area contributed by atoms with Gasteiger partial charge in [-0.1, -0.05) is 35.9 Å². The largest absolute Gasteiger partial charge is 0.378 e. The van der Waals surface area contributed by atoms with Gasteiger partial charge in [-0.2, -0.15) is 8.42 Å². The summed E-state index contributed by atoms with van der Waals surface area (Å²) in [7, 11) is -4.14. The highest BCUT2D eigenvalue weighted by atomic mass is 35.5. The summed E-state index contributed by atoms with van der Waals surface area (Å²) in [6.07, 6.45) is 0. The minimum absolute atomic E-state index is 0.0589. The van der Waals surface area contributed by atoms with Crippen molar-refractivity contribution in [2.24, 2.45) is 0 Å². The molecule has 8 heteroatoms. The maximum atomic E-state index is 13.3. The van der Waals surface area contributed by atoms with Crippen LogP contribution in [0.1, 0.15) is 10.4 Å². The molecule has 3 aromatic carbocycles. The fraction of sp³-hybridized carbons (Fsp3) is 0. The summed E-state index contributed by atoms with van der Waals surface area (Å²) in [5, 5.41) is 2.69. The summed E-state index contributed by atoms with van der Waals surface area (Å²) in [4.78, 5) is 12.5. The lowest BCUT2D eigenvalue weighted by atomic mass is 10.2. The van der Waals surface area contributed by atoms with E-state index in [0.29, 0.717) is 0 Å². The summed E-state index contributed by atoms with van der Waals surface area (Å²) in [6.45, 7) is 0. The van der Waals surface area contributed by atoms with E-state index >= 15 is 0 Å². The molecule has 0 aliphatic rings. The first-order valence-electron chi connectivity index (χ1n) is 7.71. The third kappa shape index (κ3) is 4.64. The molecule has 0 aliphatic heterocycles. The topological polar surface area (TPSA) is 72.5 Å². The minimum Gasteiger partial charge on any atom is -0.378 e. The fourth-order valence-corrected chi connectivity index (χ4v) is 3.41. The number of benzene rings is 3. The van der Waals surface area contributed by atoms with Gasteiger partial charge < -0.3 is 9.50 Å². The molecule has 1 amide bonds. The van der Waals surface area contributed by atoms with Crippen LogP contribution < -0.4 is 9.50 Å². The minimum atomic E-state index is -4.14. The van der Waals surface area contributed by atoms with E-state index in [-0.39, 0.29) is 26.9 Å². The molecule has 0 bridgehead atoms. The van der Waals surface area contributed by atoms with Crippen molar-refractivity contribution in [2.45, 2.75) is 4.90 Å². The van der Waals surface area contributed by atoms with E-state index in [4.69, 9.17) is 15.8 Å². The Labute approximate surface area is 160 Å². The van der Waals surface area contributed by atoms with E-state index in [0.717, 1.165) is 6.07 Å². The van der Waals surface area contributed by atoms with Gasteiger partial charge in [0.15, 0.2) is 5.75 Å². The molecule has 5 nitrogen and oxygen atoms in total. The molecule has 0 heterocycles. The quantitative estimate of drug-likeness (QED) is 0.634. The number of nitrogens with one attached hydrogen (secondary N) is 1. The van der Waals surface area contributed by atoms with Crippen molar-refractivity contribution in [3.05, 3.63) is 89.2 Å². The van der Waals surface area contributed by atoms with Crippen LogP contribution in [-0.2, 0) is 10.1 Å². The summed E-state index contributed by atoms with van der Waals surface area (Å²) >= 11 is 5.93. The summed E-state index contributed by atoms with van der Waals surface area (Å²) in [5.74, 6) is -1.42. The number of anilines is 1. The molecule has 0 saturated heterocycles. The third-order valence-electron chi connectivity index (χ3n) is 3.50. The average Bonchev–Trinajstić information content (AvgIpc) is 2.64. The molecule has 3 rings (SSSR count). The zero-order valence-electron chi connectivity index (χ0n) is 13.7. The lowest BCUT2D eigenvalue weighted by Crippen LogP contribution is -2.16. The van der Waals surface area contributed by atoms with Gasteiger partial charge in [0.05, 0.1) is 5.56 Å². The Morgan fingerprint density at radius 1 is 0.963 bits per heavy atom. The first-order valence-corrected chi connectivity index (χ1v) is 9.50. The highest BCUT2D eigenvalue weighted by molar-refractivity contribution is 7.87. The van der Waals surface area contributed by atoms with E-state index in [1.807, 2.05) is 0 Å². The van der Waals surface area contributed by atoms with Crippen LogP contribution in [0.5, 0.6) is 5.75 Å². The van der Waals surface area contributed by atoms with Gasteiger partial charge in [0, 0.05) is 10.7 Å². The molecule has 3 aromatic rings. The van der Waals surface area contributed by atoms with E-state index in [9.17, 15) is 17.6 Å². The number of carbonyl (C=O) groups is 1. The second kappa shape index (κ2) is 7.77. The maximum Gasteiger partial charge on any atom is 0.339 e. The molecule has 0 saturated carbocycles. The second-order valence-electron chi connectivity index (χ2n) is 5.46. The molecule has 27 heavy (non-hydrogen) atoms. The molecule has 0 spiro atoms.